The number of ether oxygens (including phenoxy) is 1. The van der Waals surface area contributed by atoms with Gasteiger partial charge in [-0.2, -0.15) is 0 Å². The van der Waals surface area contributed by atoms with Crippen LogP contribution in [0.1, 0.15) is 52.4 Å². The number of fused-ring (bicyclic) bond motifs is 2. The van der Waals surface area contributed by atoms with E-state index in [-0.39, 0.29) is 5.97 Å². The third kappa shape index (κ3) is 3.08. The fourth-order valence-electron chi connectivity index (χ4n) is 4.07. The summed E-state index contributed by atoms with van der Waals surface area (Å²) in [6.07, 6.45) is 10.5. The summed E-state index contributed by atoms with van der Waals surface area (Å²) < 4.78 is 4.62. The van der Waals surface area contributed by atoms with Gasteiger partial charge in [-0.05, 0) is 55.3 Å². The van der Waals surface area contributed by atoms with E-state index in [1.165, 1.54) is 20.0 Å². The Kier molecular flexibility index (Phi) is 4.90. The van der Waals surface area contributed by atoms with Gasteiger partial charge >= 0.3 is 5.97 Å². The van der Waals surface area contributed by atoms with Crippen LogP contribution in [0.15, 0.2) is 12.2 Å². The molecule has 114 valence electrons. The first-order chi connectivity index (χ1) is 9.46. The molecule has 20 heavy (non-hydrogen) atoms. The second-order valence-electron chi connectivity index (χ2n) is 7.11. The van der Waals surface area contributed by atoms with Crippen LogP contribution in [0, 0.1) is 23.2 Å². The predicted octanol–water partition coefficient (Wildman–Crippen LogP) is 3.29. The zero-order valence-electron chi connectivity index (χ0n) is 13.1. The summed E-state index contributed by atoms with van der Waals surface area (Å²) in [6, 6.07) is 0.370. The zero-order valence-corrected chi connectivity index (χ0v) is 13.1. The molecule has 3 nitrogen and oxygen atoms in total. The number of rotatable bonds is 6. The highest BCUT2D eigenvalue weighted by Gasteiger charge is 2.56. The van der Waals surface area contributed by atoms with Crippen molar-refractivity contribution in [1.29, 1.82) is 0 Å². The maximum atomic E-state index is 11.0. The van der Waals surface area contributed by atoms with Gasteiger partial charge in [0.25, 0.3) is 0 Å². The van der Waals surface area contributed by atoms with Crippen LogP contribution in [0.2, 0.25) is 0 Å². The summed E-state index contributed by atoms with van der Waals surface area (Å²) >= 11 is 0. The molecule has 0 aromatic heterocycles. The van der Waals surface area contributed by atoms with E-state index in [0.717, 1.165) is 31.1 Å². The Morgan fingerprint density at radius 2 is 2.10 bits per heavy atom. The minimum Gasteiger partial charge on any atom is -0.469 e. The van der Waals surface area contributed by atoms with Gasteiger partial charge in [0.1, 0.15) is 0 Å². The molecular weight excluding hydrogens is 250 g/mol. The van der Waals surface area contributed by atoms with E-state index in [1.54, 1.807) is 0 Å². The minimum atomic E-state index is -0.116. The van der Waals surface area contributed by atoms with E-state index in [9.17, 15) is 4.79 Å². The molecule has 0 amide bonds. The van der Waals surface area contributed by atoms with E-state index in [4.69, 9.17) is 5.73 Å². The molecule has 3 rings (SSSR count). The molecule has 2 N–H and O–H groups in total. The quantitative estimate of drug-likeness (QED) is 0.461. The summed E-state index contributed by atoms with van der Waals surface area (Å²) in [5.41, 5.74) is 6.91. The number of unbranched alkanes of at least 4 members (excludes halogenated alkanes) is 1. The molecular formula is C17H29NO2. The molecule has 3 heteroatoms. The van der Waals surface area contributed by atoms with Gasteiger partial charge in [0.2, 0.25) is 0 Å². The molecule has 0 aromatic carbocycles. The minimum absolute atomic E-state index is 0.116. The smallest absolute Gasteiger partial charge is 0.305 e. The standard InChI is InChI=1S/C17H29NO2/c1-17(2)13-10-12(16(18)14(17)11-13)8-6-4-5-7-9-15(19)20-3/h4,6,12-14,16H,5,7-11,18H2,1-3H3/t12-,13-,14-,16+/m0/s1. The normalized spacial score (nSPS) is 34.8. The van der Waals surface area contributed by atoms with E-state index in [1.807, 2.05) is 0 Å². The van der Waals surface area contributed by atoms with Crippen LogP contribution in [0.3, 0.4) is 0 Å². The number of hydrogen-bond donors (Lipinski definition) is 1. The molecule has 3 aliphatic rings. The number of hydrogen-bond acceptors (Lipinski definition) is 3. The molecule has 0 heterocycles. The lowest BCUT2D eigenvalue weighted by molar-refractivity contribution is -0.140. The summed E-state index contributed by atoms with van der Waals surface area (Å²) in [5.74, 6) is 2.14. The van der Waals surface area contributed by atoms with Crippen molar-refractivity contribution in [2.24, 2.45) is 28.9 Å². The lowest BCUT2D eigenvalue weighted by Gasteiger charge is -2.61. The largest absolute Gasteiger partial charge is 0.469 e. The van der Waals surface area contributed by atoms with Gasteiger partial charge in [-0.1, -0.05) is 26.0 Å². The average molecular weight is 279 g/mol. The summed E-state index contributed by atoms with van der Waals surface area (Å²) in [4.78, 5) is 11.0. The first-order valence-corrected chi connectivity index (χ1v) is 7.94. The Balaban J connectivity index is 1.67. The molecule has 4 atom stereocenters. The number of nitrogens with two attached hydrogens (primary N) is 1. The molecule has 0 aliphatic heterocycles. The Hall–Kier alpha value is -0.830. The van der Waals surface area contributed by atoms with Gasteiger partial charge in [-0.3, -0.25) is 4.79 Å². The second-order valence-corrected chi connectivity index (χ2v) is 7.11. The van der Waals surface area contributed by atoms with Gasteiger partial charge in [0, 0.05) is 12.5 Å². The van der Waals surface area contributed by atoms with Crippen molar-refractivity contribution in [1.82, 2.24) is 0 Å². The van der Waals surface area contributed by atoms with Gasteiger partial charge < -0.3 is 10.5 Å². The molecule has 3 saturated carbocycles. The summed E-state index contributed by atoms with van der Waals surface area (Å²) in [6.45, 7) is 4.76. The van der Waals surface area contributed by atoms with E-state index >= 15 is 0 Å². The molecule has 0 radical (unpaired) electrons. The molecule has 2 bridgehead atoms. The number of allylic oxidation sites excluding steroid dienone is 2. The molecule has 0 unspecified atom stereocenters. The van der Waals surface area contributed by atoms with Crippen molar-refractivity contribution < 1.29 is 9.53 Å². The Morgan fingerprint density at radius 3 is 2.70 bits per heavy atom. The van der Waals surface area contributed by atoms with Crippen molar-refractivity contribution in [2.45, 2.75) is 58.4 Å². The first kappa shape index (κ1) is 15.6. The monoisotopic (exact) mass is 279 g/mol. The number of esters is 1. The van der Waals surface area contributed by atoms with Crippen molar-refractivity contribution in [2.75, 3.05) is 7.11 Å². The topological polar surface area (TPSA) is 52.3 Å². The van der Waals surface area contributed by atoms with Crippen LogP contribution in [-0.2, 0) is 9.53 Å². The number of carbonyl (C=O) groups is 1. The van der Waals surface area contributed by atoms with Gasteiger partial charge in [0.05, 0.1) is 7.11 Å². The van der Waals surface area contributed by atoms with Gasteiger partial charge in [0.15, 0.2) is 0 Å². The van der Waals surface area contributed by atoms with Crippen molar-refractivity contribution >= 4 is 5.97 Å². The van der Waals surface area contributed by atoms with Gasteiger partial charge in [-0.25, -0.2) is 0 Å². The SMILES string of the molecule is COC(=O)CCCC=CC[C@H]1C[C@H]2C[C@@H]([C@@H]1N)C2(C)C. The Morgan fingerprint density at radius 1 is 1.35 bits per heavy atom. The average Bonchev–Trinajstić information content (AvgIpc) is 2.43. The highest BCUT2D eigenvalue weighted by Crippen LogP contribution is 2.60. The van der Waals surface area contributed by atoms with Gasteiger partial charge in [-0.15, -0.1) is 0 Å². The van der Waals surface area contributed by atoms with Crippen LogP contribution < -0.4 is 5.73 Å². The lowest BCUT2D eigenvalue weighted by atomic mass is 9.45. The van der Waals surface area contributed by atoms with E-state index in [2.05, 4.69) is 30.7 Å². The number of methoxy groups -OCH3 is 1. The molecule has 3 aliphatic carbocycles. The number of carbonyl (C=O) groups excluding carboxylic acids is 1. The van der Waals surface area contributed by atoms with Crippen LogP contribution >= 0.6 is 0 Å². The van der Waals surface area contributed by atoms with Crippen LogP contribution in [-0.4, -0.2) is 19.1 Å². The third-order valence-corrected chi connectivity index (χ3v) is 5.73. The van der Waals surface area contributed by atoms with Crippen molar-refractivity contribution in [3.8, 4) is 0 Å². The van der Waals surface area contributed by atoms with Crippen molar-refractivity contribution in [3.05, 3.63) is 12.2 Å². The Labute approximate surface area is 122 Å². The highest BCUT2D eigenvalue weighted by molar-refractivity contribution is 5.69. The highest BCUT2D eigenvalue weighted by atomic mass is 16.5. The predicted molar refractivity (Wildman–Crippen MR) is 81.1 cm³/mol. The summed E-state index contributed by atoms with van der Waals surface area (Å²) in [5, 5.41) is 0. The van der Waals surface area contributed by atoms with Crippen LogP contribution in [0.4, 0.5) is 0 Å². The molecule has 0 aromatic rings. The second kappa shape index (κ2) is 6.30. The maximum absolute atomic E-state index is 11.0. The molecule has 0 saturated heterocycles. The lowest BCUT2D eigenvalue weighted by Crippen LogP contribution is -2.61. The fraction of sp³-hybridized carbons (Fsp3) is 0.824. The van der Waals surface area contributed by atoms with E-state index in [0.29, 0.717) is 23.8 Å². The van der Waals surface area contributed by atoms with Crippen LogP contribution in [0.25, 0.3) is 0 Å². The fourth-order valence-corrected chi connectivity index (χ4v) is 4.07. The first-order valence-electron chi connectivity index (χ1n) is 7.94. The van der Waals surface area contributed by atoms with E-state index < -0.39 is 0 Å². The van der Waals surface area contributed by atoms with Crippen molar-refractivity contribution in [3.63, 3.8) is 0 Å². The molecule has 0 spiro atoms. The zero-order chi connectivity index (χ0) is 14.8. The third-order valence-electron chi connectivity index (χ3n) is 5.73. The van der Waals surface area contributed by atoms with Crippen LogP contribution in [0.5, 0.6) is 0 Å². The Bertz CT molecular complexity index is 375. The molecule has 3 fully saturated rings. The summed E-state index contributed by atoms with van der Waals surface area (Å²) in [7, 11) is 1.44. The maximum Gasteiger partial charge on any atom is 0.305 e.